The molecule has 0 atom stereocenters. The summed E-state index contributed by atoms with van der Waals surface area (Å²) in [5.74, 6) is 0.175. The van der Waals surface area contributed by atoms with Crippen molar-refractivity contribution in [2.24, 2.45) is 0 Å². The molecular weight excluding hydrogens is 276 g/mol. The van der Waals surface area contributed by atoms with Crippen LogP contribution in [0.4, 0.5) is 5.69 Å². The zero-order valence-corrected chi connectivity index (χ0v) is 13.4. The van der Waals surface area contributed by atoms with E-state index in [1.54, 1.807) is 13.8 Å². The molecule has 1 aromatic carbocycles. The highest BCUT2D eigenvalue weighted by atomic mass is 16.2. The van der Waals surface area contributed by atoms with Crippen molar-refractivity contribution in [2.75, 3.05) is 18.0 Å². The van der Waals surface area contributed by atoms with E-state index in [1.807, 2.05) is 28.0 Å². The number of piperidine rings is 1. The number of nitrogens with zero attached hydrogens (tertiary/aromatic N) is 2. The van der Waals surface area contributed by atoms with Crippen molar-refractivity contribution in [3.8, 4) is 0 Å². The molecule has 2 amide bonds. The number of carbonyl (C=O) groups excluding carboxylic acids is 2. The average Bonchev–Trinajstić information content (AvgIpc) is 2.47. The fourth-order valence-corrected chi connectivity index (χ4v) is 3.85. The van der Waals surface area contributed by atoms with Crippen LogP contribution in [0.25, 0.3) is 5.57 Å². The van der Waals surface area contributed by atoms with E-state index in [2.05, 4.69) is 19.1 Å². The first-order valence-electron chi connectivity index (χ1n) is 7.80. The number of likely N-dealkylation sites (tertiary alicyclic amines) is 1. The van der Waals surface area contributed by atoms with Crippen LogP contribution >= 0.6 is 0 Å². The average molecular weight is 298 g/mol. The first-order chi connectivity index (χ1) is 10.4. The largest absolute Gasteiger partial charge is 0.343 e. The molecule has 4 nitrogen and oxygen atoms in total. The summed E-state index contributed by atoms with van der Waals surface area (Å²) in [7, 11) is 0. The predicted molar refractivity (Wildman–Crippen MR) is 87.5 cm³/mol. The predicted octanol–water partition coefficient (Wildman–Crippen LogP) is 2.84. The van der Waals surface area contributed by atoms with E-state index in [0.717, 1.165) is 24.1 Å². The third kappa shape index (κ3) is 2.23. The summed E-state index contributed by atoms with van der Waals surface area (Å²) >= 11 is 0. The van der Waals surface area contributed by atoms with Gasteiger partial charge >= 0.3 is 0 Å². The number of amides is 2. The van der Waals surface area contributed by atoms with Crippen LogP contribution < -0.4 is 4.90 Å². The first kappa shape index (κ1) is 14.8. The lowest BCUT2D eigenvalue weighted by Gasteiger charge is -2.49. The van der Waals surface area contributed by atoms with Crippen LogP contribution in [0.1, 0.15) is 39.2 Å². The Morgan fingerprint density at radius 1 is 1.05 bits per heavy atom. The van der Waals surface area contributed by atoms with E-state index in [1.165, 1.54) is 5.57 Å². The number of allylic oxidation sites excluding steroid dienone is 1. The lowest BCUT2D eigenvalue weighted by Crippen LogP contribution is -2.58. The smallest absolute Gasteiger partial charge is 0.224 e. The summed E-state index contributed by atoms with van der Waals surface area (Å²) in [4.78, 5) is 27.8. The highest BCUT2D eigenvalue weighted by Crippen LogP contribution is 2.43. The second-order valence-corrected chi connectivity index (χ2v) is 6.31. The SMILES string of the molecule is CC(=O)N1CCC2(C=C(C)c3ccccc3N2C(C)=O)CC1. The Bertz CT molecular complexity index is 655. The molecule has 4 heteroatoms. The molecular formula is C18H22N2O2. The van der Waals surface area contributed by atoms with Crippen LogP contribution in [-0.4, -0.2) is 35.3 Å². The molecule has 1 saturated heterocycles. The lowest BCUT2D eigenvalue weighted by molar-refractivity contribution is -0.130. The van der Waals surface area contributed by atoms with E-state index in [9.17, 15) is 9.59 Å². The van der Waals surface area contributed by atoms with E-state index in [0.29, 0.717) is 13.1 Å². The van der Waals surface area contributed by atoms with Gasteiger partial charge in [-0.3, -0.25) is 9.59 Å². The summed E-state index contributed by atoms with van der Waals surface area (Å²) in [6.45, 7) is 6.74. The lowest BCUT2D eigenvalue weighted by atomic mass is 9.79. The van der Waals surface area contributed by atoms with Gasteiger partial charge in [-0.05, 0) is 31.4 Å². The summed E-state index contributed by atoms with van der Waals surface area (Å²) in [6, 6.07) is 8.07. The number of hydrogen-bond donors (Lipinski definition) is 0. The molecule has 0 saturated carbocycles. The van der Waals surface area contributed by atoms with Gasteiger partial charge < -0.3 is 9.80 Å². The fourth-order valence-electron chi connectivity index (χ4n) is 3.85. The maximum absolute atomic E-state index is 12.4. The van der Waals surface area contributed by atoms with Crippen LogP contribution in [0, 0.1) is 0 Å². The van der Waals surface area contributed by atoms with Gasteiger partial charge in [-0.2, -0.15) is 0 Å². The number of fused-ring (bicyclic) bond motifs is 1. The number of hydrogen-bond acceptors (Lipinski definition) is 2. The number of rotatable bonds is 0. The van der Waals surface area contributed by atoms with Crippen LogP contribution in [0.3, 0.4) is 0 Å². The van der Waals surface area contributed by atoms with Crippen molar-refractivity contribution in [2.45, 2.75) is 39.2 Å². The van der Waals surface area contributed by atoms with Crippen molar-refractivity contribution in [1.29, 1.82) is 0 Å². The van der Waals surface area contributed by atoms with Crippen molar-refractivity contribution in [3.63, 3.8) is 0 Å². The Balaban J connectivity index is 2.03. The highest BCUT2D eigenvalue weighted by Gasteiger charge is 2.43. The highest BCUT2D eigenvalue weighted by molar-refractivity contribution is 5.99. The van der Waals surface area contributed by atoms with Gasteiger partial charge in [0.05, 0.1) is 11.2 Å². The molecule has 0 radical (unpaired) electrons. The number of anilines is 1. The minimum Gasteiger partial charge on any atom is -0.343 e. The number of para-hydroxylation sites is 1. The van der Waals surface area contributed by atoms with Gasteiger partial charge in [0.25, 0.3) is 0 Å². The molecule has 1 fully saturated rings. The molecule has 3 rings (SSSR count). The fraction of sp³-hybridized carbons (Fsp3) is 0.444. The second kappa shape index (κ2) is 5.27. The molecule has 0 bridgehead atoms. The molecule has 22 heavy (non-hydrogen) atoms. The maximum Gasteiger partial charge on any atom is 0.224 e. The van der Waals surface area contributed by atoms with Crippen LogP contribution in [-0.2, 0) is 9.59 Å². The number of carbonyl (C=O) groups is 2. The Kier molecular flexibility index (Phi) is 3.55. The van der Waals surface area contributed by atoms with Gasteiger partial charge in [0.1, 0.15) is 0 Å². The molecule has 2 aliphatic rings. The van der Waals surface area contributed by atoms with Gasteiger partial charge in [-0.25, -0.2) is 0 Å². The second-order valence-electron chi connectivity index (χ2n) is 6.31. The van der Waals surface area contributed by atoms with E-state index >= 15 is 0 Å². The molecule has 1 aromatic rings. The molecule has 1 spiro atoms. The van der Waals surface area contributed by atoms with Crippen molar-refractivity contribution >= 4 is 23.1 Å². The zero-order chi connectivity index (χ0) is 15.9. The minimum absolute atomic E-state index is 0.0625. The molecule has 0 aliphatic carbocycles. The van der Waals surface area contributed by atoms with E-state index in [4.69, 9.17) is 0 Å². The Hall–Kier alpha value is -2.10. The third-order valence-electron chi connectivity index (χ3n) is 4.89. The first-order valence-corrected chi connectivity index (χ1v) is 7.80. The summed E-state index contributed by atoms with van der Waals surface area (Å²) in [5, 5.41) is 0. The summed E-state index contributed by atoms with van der Waals surface area (Å²) < 4.78 is 0. The van der Waals surface area contributed by atoms with Crippen molar-refractivity contribution < 1.29 is 9.59 Å². The Morgan fingerprint density at radius 3 is 2.27 bits per heavy atom. The molecule has 0 N–H and O–H groups in total. The monoisotopic (exact) mass is 298 g/mol. The standard InChI is InChI=1S/C18H22N2O2/c1-13-12-18(8-10-19(11-9-18)14(2)21)20(15(3)22)17-7-5-4-6-16(13)17/h4-7,12H,8-11H2,1-3H3. The topological polar surface area (TPSA) is 40.6 Å². The molecule has 2 aliphatic heterocycles. The van der Waals surface area contributed by atoms with Crippen molar-refractivity contribution in [3.05, 3.63) is 35.9 Å². The van der Waals surface area contributed by atoms with Crippen LogP contribution in [0.2, 0.25) is 0 Å². The zero-order valence-electron chi connectivity index (χ0n) is 13.4. The Morgan fingerprint density at radius 2 is 1.68 bits per heavy atom. The quantitative estimate of drug-likeness (QED) is 0.739. The number of benzene rings is 1. The molecule has 0 unspecified atom stereocenters. The van der Waals surface area contributed by atoms with Gasteiger partial charge in [0.2, 0.25) is 11.8 Å². The van der Waals surface area contributed by atoms with E-state index in [-0.39, 0.29) is 17.4 Å². The normalized spacial score (nSPS) is 19.7. The minimum atomic E-state index is -0.295. The maximum atomic E-state index is 12.4. The Labute approximate surface area is 131 Å². The van der Waals surface area contributed by atoms with Crippen molar-refractivity contribution in [1.82, 2.24) is 4.90 Å². The van der Waals surface area contributed by atoms with E-state index < -0.39 is 0 Å². The summed E-state index contributed by atoms with van der Waals surface area (Å²) in [5.41, 5.74) is 3.03. The van der Waals surface area contributed by atoms with Crippen LogP contribution in [0.15, 0.2) is 30.3 Å². The van der Waals surface area contributed by atoms with Gasteiger partial charge in [0.15, 0.2) is 0 Å². The molecule has 0 aromatic heterocycles. The molecule has 2 heterocycles. The van der Waals surface area contributed by atoms with Gasteiger partial charge in [-0.15, -0.1) is 0 Å². The third-order valence-corrected chi connectivity index (χ3v) is 4.89. The van der Waals surface area contributed by atoms with Gasteiger partial charge in [-0.1, -0.05) is 24.3 Å². The summed E-state index contributed by atoms with van der Waals surface area (Å²) in [6.07, 6.45) is 3.81. The van der Waals surface area contributed by atoms with Gasteiger partial charge in [0, 0.05) is 32.5 Å². The molecule has 116 valence electrons. The van der Waals surface area contributed by atoms with Crippen LogP contribution in [0.5, 0.6) is 0 Å².